The van der Waals surface area contributed by atoms with Crippen molar-refractivity contribution in [2.75, 3.05) is 6.54 Å². The summed E-state index contributed by atoms with van der Waals surface area (Å²) < 4.78 is 0. The Morgan fingerprint density at radius 1 is 1.28 bits per heavy atom. The molecule has 1 aliphatic rings. The number of fused-ring (bicyclic) bond motifs is 1. The van der Waals surface area contributed by atoms with Crippen molar-refractivity contribution in [2.45, 2.75) is 45.2 Å². The number of H-pyrrole nitrogens is 1. The van der Waals surface area contributed by atoms with Crippen molar-refractivity contribution in [1.29, 1.82) is 0 Å². The lowest BCUT2D eigenvalue weighted by Crippen LogP contribution is -2.49. The van der Waals surface area contributed by atoms with Gasteiger partial charge < -0.3 is 10.2 Å². The van der Waals surface area contributed by atoms with Gasteiger partial charge in [-0.05, 0) is 31.7 Å². The van der Waals surface area contributed by atoms with E-state index in [1.807, 2.05) is 6.92 Å². The molecule has 0 saturated carbocycles. The van der Waals surface area contributed by atoms with Crippen molar-refractivity contribution in [3.63, 3.8) is 0 Å². The number of nitrogens with one attached hydrogen (secondary N) is 2. The second kappa shape index (κ2) is 7.46. The molecule has 1 atom stereocenters. The van der Waals surface area contributed by atoms with E-state index in [9.17, 15) is 14.4 Å². The quantitative estimate of drug-likeness (QED) is 0.823. The fraction of sp³-hybridized carbons (Fsp3) is 0.444. The number of hydrogen-bond donors (Lipinski definition) is 2. The molecule has 1 fully saturated rings. The Bertz CT molecular complexity index is 846. The Balaban J connectivity index is 1.71. The number of carbonyl (C=O) groups is 2. The lowest BCUT2D eigenvalue weighted by Gasteiger charge is -2.34. The molecular weight excluding hydrogens is 320 g/mol. The summed E-state index contributed by atoms with van der Waals surface area (Å²) in [4.78, 5) is 38.2. The van der Waals surface area contributed by atoms with Crippen LogP contribution in [0, 0.1) is 0 Å². The number of carbonyl (C=O) groups excluding carboxylic acids is 2. The first-order valence-corrected chi connectivity index (χ1v) is 8.67. The van der Waals surface area contributed by atoms with Crippen LogP contribution in [-0.2, 0) is 16.1 Å². The summed E-state index contributed by atoms with van der Waals surface area (Å²) in [7, 11) is 0. The van der Waals surface area contributed by atoms with Crippen LogP contribution in [0.5, 0.6) is 0 Å². The van der Waals surface area contributed by atoms with Crippen LogP contribution >= 0.6 is 0 Å². The number of amides is 2. The highest BCUT2D eigenvalue weighted by Crippen LogP contribution is 2.19. The zero-order valence-electron chi connectivity index (χ0n) is 14.2. The third kappa shape index (κ3) is 3.55. The van der Waals surface area contributed by atoms with Crippen molar-refractivity contribution in [3.05, 3.63) is 40.3 Å². The summed E-state index contributed by atoms with van der Waals surface area (Å²) in [5, 5.41) is 10.2. The first kappa shape index (κ1) is 17.1. The molecule has 1 aromatic carbocycles. The lowest BCUT2D eigenvalue weighted by atomic mass is 10.00. The van der Waals surface area contributed by atoms with Crippen LogP contribution in [-0.4, -0.2) is 39.5 Å². The lowest BCUT2D eigenvalue weighted by molar-refractivity contribution is -0.148. The van der Waals surface area contributed by atoms with E-state index >= 15 is 0 Å². The van der Waals surface area contributed by atoms with E-state index in [0.29, 0.717) is 23.0 Å². The van der Waals surface area contributed by atoms with Gasteiger partial charge in [0.05, 0.1) is 17.6 Å². The van der Waals surface area contributed by atoms with E-state index in [2.05, 4.69) is 15.5 Å². The minimum Gasteiger partial charge on any atom is -0.342 e. The van der Waals surface area contributed by atoms with Crippen molar-refractivity contribution < 1.29 is 9.59 Å². The monoisotopic (exact) mass is 342 g/mol. The molecule has 2 amide bonds. The highest BCUT2D eigenvalue weighted by Gasteiger charge is 2.29. The number of hydrogen-bond acceptors (Lipinski definition) is 4. The van der Waals surface area contributed by atoms with Crippen LogP contribution in [0.1, 0.15) is 38.3 Å². The Hall–Kier alpha value is -2.70. The van der Waals surface area contributed by atoms with E-state index in [1.54, 1.807) is 29.2 Å². The molecule has 3 rings (SSSR count). The molecule has 1 aromatic heterocycles. The predicted molar refractivity (Wildman–Crippen MR) is 93.9 cm³/mol. The summed E-state index contributed by atoms with van der Waals surface area (Å²) in [6.07, 6.45) is 3.82. The maximum atomic E-state index is 12.4. The molecular formula is C18H22N4O3. The van der Waals surface area contributed by atoms with Crippen LogP contribution in [0.25, 0.3) is 10.8 Å². The molecule has 2 heterocycles. The fourth-order valence-corrected chi connectivity index (χ4v) is 3.37. The maximum Gasteiger partial charge on any atom is 0.312 e. The molecule has 7 nitrogen and oxygen atoms in total. The summed E-state index contributed by atoms with van der Waals surface area (Å²) in [6, 6.07) is 7.19. The smallest absolute Gasteiger partial charge is 0.312 e. The van der Waals surface area contributed by atoms with Crippen molar-refractivity contribution >= 4 is 22.6 Å². The molecule has 0 bridgehead atoms. The van der Waals surface area contributed by atoms with Gasteiger partial charge >= 0.3 is 11.8 Å². The first-order chi connectivity index (χ1) is 12.1. The Labute approximate surface area is 145 Å². The van der Waals surface area contributed by atoms with Crippen molar-refractivity contribution in [1.82, 2.24) is 20.4 Å². The van der Waals surface area contributed by atoms with Crippen LogP contribution in [0.4, 0.5) is 0 Å². The summed E-state index contributed by atoms with van der Waals surface area (Å²) in [5.41, 5.74) is 0.253. The predicted octanol–water partition coefficient (Wildman–Crippen LogP) is 1.33. The molecule has 2 N–H and O–H groups in total. The second-order valence-electron chi connectivity index (χ2n) is 6.28. The minimum absolute atomic E-state index is 0.0898. The topological polar surface area (TPSA) is 95.2 Å². The molecule has 7 heteroatoms. The van der Waals surface area contributed by atoms with Gasteiger partial charge in [-0.25, -0.2) is 5.10 Å². The normalized spacial score (nSPS) is 17.5. The minimum atomic E-state index is -0.627. The molecule has 2 aromatic rings. The van der Waals surface area contributed by atoms with E-state index in [-0.39, 0.29) is 18.1 Å². The van der Waals surface area contributed by atoms with Gasteiger partial charge in [-0.1, -0.05) is 25.1 Å². The molecule has 25 heavy (non-hydrogen) atoms. The second-order valence-corrected chi connectivity index (χ2v) is 6.28. The molecule has 0 radical (unpaired) electrons. The largest absolute Gasteiger partial charge is 0.342 e. The van der Waals surface area contributed by atoms with Gasteiger partial charge in [0.2, 0.25) is 0 Å². The van der Waals surface area contributed by atoms with Crippen molar-refractivity contribution in [2.24, 2.45) is 0 Å². The number of aromatic nitrogens is 2. The summed E-state index contributed by atoms with van der Waals surface area (Å²) in [5.74, 6) is -1.11. The van der Waals surface area contributed by atoms with Gasteiger partial charge in [-0.15, -0.1) is 0 Å². The van der Waals surface area contributed by atoms with E-state index < -0.39 is 11.8 Å². The van der Waals surface area contributed by atoms with Gasteiger partial charge in [0.25, 0.3) is 5.56 Å². The van der Waals surface area contributed by atoms with E-state index in [4.69, 9.17) is 0 Å². The number of rotatable bonds is 3. The first-order valence-electron chi connectivity index (χ1n) is 8.67. The van der Waals surface area contributed by atoms with Crippen LogP contribution in [0.2, 0.25) is 0 Å². The van der Waals surface area contributed by atoms with E-state index in [0.717, 1.165) is 25.7 Å². The third-order valence-electron chi connectivity index (χ3n) is 4.74. The number of benzene rings is 1. The highest BCUT2D eigenvalue weighted by molar-refractivity contribution is 6.35. The highest BCUT2D eigenvalue weighted by atomic mass is 16.2. The van der Waals surface area contributed by atoms with Crippen molar-refractivity contribution in [3.8, 4) is 0 Å². The van der Waals surface area contributed by atoms with Gasteiger partial charge in [-0.2, -0.15) is 5.10 Å². The Kier molecular flexibility index (Phi) is 5.11. The summed E-state index contributed by atoms with van der Waals surface area (Å²) >= 11 is 0. The zero-order chi connectivity index (χ0) is 17.8. The zero-order valence-corrected chi connectivity index (χ0v) is 14.2. The fourth-order valence-electron chi connectivity index (χ4n) is 3.37. The van der Waals surface area contributed by atoms with Gasteiger partial charge in [0, 0.05) is 18.0 Å². The molecule has 1 saturated heterocycles. The Morgan fingerprint density at radius 3 is 2.80 bits per heavy atom. The number of piperidine rings is 1. The van der Waals surface area contributed by atoms with Crippen LogP contribution < -0.4 is 10.9 Å². The maximum absolute atomic E-state index is 12.4. The van der Waals surface area contributed by atoms with Gasteiger partial charge in [0.15, 0.2) is 0 Å². The van der Waals surface area contributed by atoms with E-state index in [1.165, 1.54) is 0 Å². The summed E-state index contributed by atoms with van der Waals surface area (Å²) in [6.45, 7) is 2.75. The van der Waals surface area contributed by atoms with Crippen LogP contribution in [0.3, 0.4) is 0 Å². The standard InChI is InChI=1S/C18H22N4O3/c1-2-12-7-5-6-10-22(12)18(25)17(24)19-11-15-13-8-3-4-9-14(13)16(23)21-20-15/h3-4,8-9,12H,2,5-7,10-11H2,1H3,(H,19,24)(H,21,23). The molecule has 0 aliphatic carbocycles. The molecule has 1 aliphatic heterocycles. The Morgan fingerprint density at radius 2 is 2.04 bits per heavy atom. The third-order valence-corrected chi connectivity index (χ3v) is 4.74. The average Bonchev–Trinajstić information content (AvgIpc) is 2.67. The molecule has 0 spiro atoms. The van der Waals surface area contributed by atoms with Gasteiger partial charge in [0.1, 0.15) is 0 Å². The van der Waals surface area contributed by atoms with Crippen LogP contribution in [0.15, 0.2) is 29.1 Å². The SMILES string of the molecule is CCC1CCCCN1C(=O)C(=O)NCc1n[nH]c(=O)c2ccccc12. The average molecular weight is 342 g/mol. The molecule has 132 valence electrons. The number of likely N-dealkylation sites (tertiary alicyclic amines) is 1. The van der Waals surface area contributed by atoms with Gasteiger partial charge in [-0.3, -0.25) is 14.4 Å². The molecule has 1 unspecified atom stereocenters. The number of aromatic amines is 1. The number of nitrogens with zero attached hydrogens (tertiary/aromatic N) is 2.